The van der Waals surface area contributed by atoms with Crippen LogP contribution in [0, 0.1) is 0 Å². The van der Waals surface area contributed by atoms with Gasteiger partial charge in [0.2, 0.25) is 12.6 Å². The van der Waals surface area contributed by atoms with Gasteiger partial charge >= 0.3 is 0 Å². The Hall–Kier alpha value is -3.01. The van der Waals surface area contributed by atoms with Gasteiger partial charge in [-0.2, -0.15) is 0 Å². The van der Waals surface area contributed by atoms with Gasteiger partial charge in [0.15, 0.2) is 17.3 Å². The lowest BCUT2D eigenvalue weighted by Crippen LogP contribution is -1.92. The molecule has 1 aliphatic heterocycles. The smallest absolute Gasteiger partial charge is 0.231 e. The van der Waals surface area contributed by atoms with Gasteiger partial charge in [0.25, 0.3) is 0 Å². The maximum Gasteiger partial charge on any atom is 0.231 e. The van der Waals surface area contributed by atoms with Crippen LogP contribution in [0.15, 0.2) is 59.0 Å². The number of rotatable bonds is 3. The maximum atomic E-state index is 12.2. The summed E-state index contributed by atoms with van der Waals surface area (Å²) in [7, 11) is 0. The lowest BCUT2D eigenvalue weighted by molar-refractivity contribution is 0.102. The Morgan fingerprint density at radius 1 is 1.00 bits per heavy atom. The van der Waals surface area contributed by atoms with Crippen LogP contribution in [-0.2, 0) is 0 Å². The van der Waals surface area contributed by atoms with E-state index in [0.29, 0.717) is 17.1 Å². The lowest BCUT2D eigenvalue weighted by Gasteiger charge is -1.97. The van der Waals surface area contributed by atoms with Crippen molar-refractivity contribution in [2.75, 3.05) is 6.79 Å². The van der Waals surface area contributed by atoms with Crippen molar-refractivity contribution in [3.8, 4) is 11.5 Å². The van der Waals surface area contributed by atoms with Crippen molar-refractivity contribution in [1.29, 1.82) is 0 Å². The van der Waals surface area contributed by atoms with E-state index in [1.54, 1.807) is 12.1 Å². The summed E-state index contributed by atoms with van der Waals surface area (Å²) >= 11 is 0. The van der Waals surface area contributed by atoms with Gasteiger partial charge in [0.05, 0.1) is 0 Å². The minimum absolute atomic E-state index is 0.172. The molecule has 0 amide bonds. The van der Waals surface area contributed by atoms with Crippen molar-refractivity contribution in [3.05, 3.63) is 65.9 Å². The molecule has 0 spiro atoms. The third-order valence-electron chi connectivity index (χ3n) is 3.49. The molecule has 3 aromatic rings. The summed E-state index contributed by atoms with van der Waals surface area (Å²) in [6.07, 6.45) is 3.23. The third kappa shape index (κ3) is 2.24. The topological polar surface area (TPSA) is 48.7 Å². The van der Waals surface area contributed by atoms with E-state index in [9.17, 15) is 4.79 Å². The van der Waals surface area contributed by atoms with E-state index < -0.39 is 0 Å². The zero-order valence-corrected chi connectivity index (χ0v) is 11.6. The van der Waals surface area contributed by atoms with Crippen LogP contribution < -0.4 is 9.47 Å². The molecule has 0 saturated carbocycles. The summed E-state index contributed by atoms with van der Waals surface area (Å²) < 4.78 is 16.1. The molecule has 0 unspecified atom stereocenters. The standard InChI is InChI=1S/C18H12O4/c19-14(17-10-13-3-1-2-4-15(13)22-17)7-5-12-6-8-16-18(9-12)21-11-20-16/h1-10H,11H2/b7-5+. The number of hydrogen-bond acceptors (Lipinski definition) is 4. The number of benzene rings is 2. The first-order valence-electron chi connectivity index (χ1n) is 6.90. The van der Waals surface area contributed by atoms with Crippen molar-refractivity contribution in [2.24, 2.45) is 0 Å². The van der Waals surface area contributed by atoms with E-state index in [0.717, 1.165) is 16.7 Å². The van der Waals surface area contributed by atoms with Crippen LogP contribution in [0.4, 0.5) is 0 Å². The Morgan fingerprint density at radius 3 is 2.77 bits per heavy atom. The van der Waals surface area contributed by atoms with Crippen LogP contribution in [0.25, 0.3) is 17.0 Å². The fourth-order valence-corrected chi connectivity index (χ4v) is 2.37. The Bertz CT molecular complexity index is 856. The van der Waals surface area contributed by atoms with Gasteiger partial charge in [-0.1, -0.05) is 30.3 Å². The second kappa shape index (κ2) is 5.07. The highest BCUT2D eigenvalue weighted by Gasteiger charge is 2.13. The van der Waals surface area contributed by atoms with Crippen molar-refractivity contribution in [3.63, 3.8) is 0 Å². The average Bonchev–Trinajstić information content (AvgIpc) is 3.18. The highest BCUT2D eigenvalue weighted by atomic mass is 16.7. The Labute approximate surface area is 126 Å². The molecule has 1 aliphatic rings. The zero-order valence-electron chi connectivity index (χ0n) is 11.6. The van der Waals surface area contributed by atoms with Crippen LogP contribution in [0.1, 0.15) is 16.1 Å². The summed E-state index contributed by atoms with van der Waals surface area (Å²) in [4.78, 5) is 12.2. The van der Waals surface area contributed by atoms with E-state index in [4.69, 9.17) is 13.9 Å². The molecule has 4 rings (SSSR count). The van der Waals surface area contributed by atoms with E-state index in [-0.39, 0.29) is 12.6 Å². The van der Waals surface area contributed by atoms with Crippen molar-refractivity contribution in [2.45, 2.75) is 0 Å². The number of ether oxygens (including phenoxy) is 2. The number of fused-ring (bicyclic) bond motifs is 2. The molecule has 0 aliphatic carbocycles. The monoisotopic (exact) mass is 292 g/mol. The predicted molar refractivity (Wildman–Crippen MR) is 82.1 cm³/mol. The summed E-state index contributed by atoms with van der Waals surface area (Å²) in [5.74, 6) is 1.58. The van der Waals surface area contributed by atoms with Gasteiger partial charge in [0, 0.05) is 5.39 Å². The Kier molecular flexibility index (Phi) is 2.93. The number of furan rings is 1. The molecule has 22 heavy (non-hydrogen) atoms. The molecule has 2 aromatic carbocycles. The Morgan fingerprint density at radius 2 is 1.86 bits per heavy atom. The second-order valence-electron chi connectivity index (χ2n) is 4.96. The second-order valence-corrected chi connectivity index (χ2v) is 4.96. The van der Waals surface area contributed by atoms with Crippen LogP contribution in [0.2, 0.25) is 0 Å². The number of ketones is 1. The summed E-state index contributed by atoms with van der Waals surface area (Å²) in [5, 5.41) is 0.919. The molecule has 108 valence electrons. The highest BCUT2D eigenvalue weighted by Crippen LogP contribution is 2.32. The van der Waals surface area contributed by atoms with Crippen molar-refractivity contribution >= 4 is 22.8 Å². The first-order chi connectivity index (χ1) is 10.8. The molecule has 0 atom stereocenters. The molecular formula is C18H12O4. The average molecular weight is 292 g/mol. The van der Waals surface area contributed by atoms with E-state index in [2.05, 4.69) is 0 Å². The number of hydrogen-bond donors (Lipinski definition) is 0. The van der Waals surface area contributed by atoms with E-state index in [1.807, 2.05) is 42.5 Å². The molecular weight excluding hydrogens is 280 g/mol. The van der Waals surface area contributed by atoms with Gasteiger partial charge < -0.3 is 13.9 Å². The van der Waals surface area contributed by atoms with Crippen LogP contribution in [0.3, 0.4) is 0 Å². The van der Waals surface area contributed by atoms with Crippen molar-refractivity contribution < 1.29 is 18.7 Å². The fraction of sp³-hybridized carbons (Fsp3) is 0.0556. The molecule has 0 N–H and O–H groups in total. The third-order valence-corrected chi connectivity index (χ3v) is 3.49. The minimum atomic E-state index is -0.172. The van der Waals surface area contributed by atoms with E-state index in [1.165, 1.54) is 6.08 Å². The van der Waals surface area contributed by atoms with Crippen LogP contribution >= 0.6 is 0 Å². The molecule has 0 radical (unpaired) electrons. The molecule has 0 saturated heterocycles. The first-order valence-corrected chi connectivity index (χ1v) is 6.90. The quantitative estimate of drug-likeness (QED) is 0.539. The molecule has 4 nitrogen and oxygen atoms in total. The lowest BCUT2D eigenvalue weighted by atomic mass is 10.1. The highest BCUT2D eigenvalue weighted by molar-refractivity contribution is 6.06. The summed E-state index contributed by atoms with van der Waals surface area (Å²) in [6, 6.07) is 14.8. The fourth-order valence-electron chi connectivity index (χ4n) is 2.37. The number of para-hydroxylation sites is 1. The summed E-state index contributed by atoms with van der Waals surface area (Å²) in [6.45, 7) is 0.237. The van der Waals surface area contributed by atoms with Crippen LogP contribution in [-0.4, -0.2) is 12.6 Å². The largest absolute Gasteiger partial charge is 0.454 e. The van der Waals surface area contributed by atoms with Gasteiger partial charge in [-0.05, 0) is 35.9 Å². The van der Waals surface area contributed by atoms with Crippen LogP contribution in [0.5, 0.6) is 11.5 Å². The Balaban J connectivity index is 1.58. The van der Waals surface area contributed by atoms with Gasteiger partial charge in [-0.25, -0.2) is 0 Å². The SMILES string of the molecule is O=C(/C=C/c1ccc2c(c1)OCO2)c1cc2ccccc2o1. The molecule has 0 fully saturated rings. The number of carbonyl (C=O) groups is 1. The molecule has 1 aromatic heterocycles. The van der Waals surface area contributed by atoms with Gasteiger partial charge in [0.1, 0.15) is 5.58 Å². The molecule has 4 heteroatoms. The maximum absolute atomic E-state index is 12.2. The van der Waals surface area contributed by atoms with Gasteiger partial charge in [-0.15, -0.1) is 0 Å². The van der Waals surface area contributed by atoms with Gasteiger partial charge in [-0.3, -0.25) is 4.79 Å². The zero-order chi connectivity index (χ0) is 14.9. The van der Waals surface area contributed by atoms with Crippen molar-refractivity contribution in [1.82, 2.24) is 0 Å². The first kappa shape index (κ1) is 12.7. The molecule has 0 bridgehead atoms. The number of allylic oxidation sites excluding steroid dienone is 1. The molecule has 2 heterocycles. The predicted octanol–water partition coefficient (Wildman–Crippen LogP) is 4.06. The normalized spacial score (nSPS) is 13.1. The number of carbonyl (C=O) groups excluding carboxylic acids is 1. The minimum Gasteiger partial charge on any atom is -0.454 e. The summed E-state index contributed by atoms with van der Waals surface area (Å²) in [5.41, 5.74) is 1.58. The van der Waals surface area contributed by atoms with E-state index >= 15 is 0 Å².